The van der Waals surface area contributed by atoms with Crippen LogP contribution in [0.1, 0.15) is 11.3 Å². The monoisotopic (exact) mass is 360 g/mol. The third-order valence-electron chi connectivity index (χ3n) is 4.44. The van der Waals surface area contributed by atoms with Crippen LogP contribution in [-0.4, -0.2) is 9.55 Å². The number of benzene rings is 3. The Labute approximate surface area is 156 Å². The van der Waals surface area contributed by atoms with Crippen molar-refractivity contribution in [2.24, 2.45) is 0 Å². The number of hydrogen-bond donors (Lipinski definition) is 0. The molecule has 0 atom stereocenters. The summed E-state index contributed by atoms with van der Waals surface area (Å²) in [4.78, 5) is 17.2. The van der Waals surface area contributed by atoms with Crippen LogP contribution in [0.4, 0.5) is 0 Å². The molecule has 0 radical (unpaired) electrons. The molecule has 128 valence electrons. The van der Waals surface area contributed by atoms with Gasteiger partial charge in [0.2, 0.25) is 0 Å². The molecule has 1 aromatic heterocycles. The Morgan fingerprint density at radius 1 is 0.846 bits per heavy atom. The minimum absolute atomic E-state index is 0.283. The first-order valence-electron chi connectivity index (χ1n) is 8.53. The lowest BCUT2D eigenvalue weighted by molar-refractivity contribution is 0.868. The molecule has 0 unspecified atom stereocenters. The first kappa shape index (κ1) is 16.6. The van der Waals surface area contributed by atoms with E-state index in [-0.39, 0.29) is 5.69 Å². The van der Waals surface area contributed by atoms with E-state index in [4.69, 9.17) is 11.6 Å². The van der Waals surface area contributed by atoms with Crippen LogP contribution in [0.25, 0.3) is 16.6 Å². The molecule has 0 fully saturated rings. The largest absolute Gasteiger partial charge is 0.352 e. The number of nitrogens with zero attached hydrogens (tertiary/aromatic N) is 2. The summed E-state index contributed by atoms with van der Waals surface area (Å²) in [6.07, 6.45) is 1.54. The van der Waals surface area contributed by atoms with Crippen LogP contribution >= 0.6 is 11.6 Å². The number of halogens is 1. The van der Waals surface area contributed by atoms with Crippen LogP contribution in [0.5, 0.6) is 0 Å². The fraction of sp³-hybridized carbons (Fsp3) is 0.0909. The third kappa shape index (κ3) is 3.26. The molecule has 4 aromatic rings. The number of fused-ring (bicyclic) bond motifs is 1. The molecule has 0 saturated heterocycles. The van der Waals surface area contributed by atoms with Gasteiger partial charge in [0, 0.05) is 10.4 Å². The second kappa shape index (κ2) is 7.14. The van der Waals surface area contributed by atoms with E-state index in [2.05, 4.69) is 17.1 Å². The third-order valence-corrected chi connectivity index (χ3v) is 4.68. The van der Waals surface area contributed by atoms with Gasteiger partial charge in [0.1, 0.15) is 0 Å². The Balaban J connectivity index is 1.84. The van der Waals surface area contributed by atoms with Gasteiger partial charge in [-0.05, 0) is 48.7 Å². The molecular weight excluding hydrogens is 344 g/mol. The normalized spacial score (nSPS) is 11.0. The first-order chi connectivity index (χ1) is 12.7. The van der Waals surface area contributed by atoms with Gasteiger partial charge in [0.25, 0.3) is 0 Å². The van der Waals surface area contributed by atoms with Crippen molar-refractivity contribution < 1.29 is 0 Å². The molecule has 1 heterocycles. The lowest BCUT2D eigenvalue weighted by Crippen LogP contribution is -2.23. The van der Waals surface area contributed by atoms with Gasteiger partial charge in [-0.2, -0.15) is 4.98 Å². The fourth-order valence-electron chi connectivity index (χ4n) is 3.19. The Kier molecular flexibility index (Phi) is 4.55. The highest BCUT2D eigenvalue weighted by Gasteiger charge is 2.12. The maximum atomic E-state index is 12.8. The molecule has 26 heavy (non-hydrogen) atoms. The average molecular weight is 361 g/mol. The van der Waals surface area contributed by atoms with Crippen molar-refractivity contribution in [3.05, 3.63) is 106 Å². The first-order valence-corrected chi connectivity index (χ1v) is 8.91. The highest BCUT2D eigenvalue weighted by molar-refractivity contribution is 6.31. The molecule has 3 aromatic carbocycles. The van der Waals surface area contributed by atoms with Gasteiger partial charge in [-0.15, -0.1) is 0 Å². The molecule has 0 aliphatic heterocycles. The van der Waals surface area contributed by atoms with Crippen LogP contribution in [0, 0.1) is 0 Å². The molecular formula is C22H17ClN2O. The zero-order valence-corrected chi connectivity index (χ0v) is 14.9. The van der Waals surface area contributed by atoms with Crippen LogP contribution in [-0.2, 0) is 12.8 Å². The minimum Gasteiger partial charge on any atom is -0.260 e. The summed E-state index contributed by atoms with van der Waals surface area (Å²) in [5.41, 5.74) is 3.31. The summed E-state index contributed by atoms with van der Waals surface area (Å²) in [6, 6.07) is 25.4. The predicted molar refractivity (Wildman–Crippen MR) is 106 cm³/mol. The highest BCUT2D eigenvalue weighted by atomic mass is 35.5. The van der Waals surface area contributed by atoms with Crippen LogP contribution in [0.3, 0.4) is 0 Å². The summed E-state index contributed by atoms with van der Waals surface area (Å²) >= 11 is 6.22. The van der Waals surface area contributed by atoms with E-state index in [1.54, 1.807) is 4.57 Å². The summed E-state index contributed by atoms with van der Waals surface area (Å²) in [5.74, 6) is 0. The van der Waals surface area contributed by atoms with E-state index in [9.17, 15) is 4.79 Å². The molecule has 0 aliphatic rings. The van der Waals surface area contributed by atoms with Gasteiger partial charge in [0.15, 0.2) is 0 Å². The zero-order valence-electron chi connectivity index (χ0n) is 14.1. The molecule has 0 N–H and O–H groups in total. The average Bonchev–Trinajstić information content (AvgIpc) is 2.67. The van der Waals surface area contributed by atoms with E-state index >= 15 is 0 Å². The van der Waals surface area contributed by atoms with Crippen molar-refractivity contribution in [2.45, 2.75) is 12.8 Å². The molecule has 0 bridgehead atoms. The Bertz CT molecular complexity index is 1110. The summed E-state index contributed by atoms with van der Waals surface area (Å²) in [5, 5.41) is 1.55. The number of aryl methyl sites for hydroxylation is 2. The molecule has 0 saturated carbocycles. The molecule has 0 aliphatic carbocycles. The smallest absolute Gasteiger partial charge is 0.260 e. The van der Waals surface area contributed by atoms with E-state index in [0.717, 1.165) is 28.7 Å². The van der Waals surface area contributed by atoms with Crippen molar-refractivity contribution in [3.8, 4) is 5.69 Å². The fourth-order valence-corrected chi connectivity index (χ4v) is 3.35. The van der Waals surface area contributed by atoms with Crippen LogP contribution in [0.15, 0.2) is 83.7 Å². The lowest BCUT2D eigenvalue weighted by atomic mass is 10.0. The topological polar surface area (TPSA) is 34.9 Å². The quantitative estimate of drug-likeness (QED) is 0.522. The maximum absolute atomic E-state index is 12.8. The SMILES string of the molecule is O=c1nc(CCc2ccccc2)c2ccc(Cl)cc2n1-c1ccccc1. The van der Waals surface area contributed by atoms with Crippen molar-refractivity contribution in [1.82, 2.24) is 9.55 Å². The molecule has 4 heteroatoms. The maximum Gasteiger partial charge on any atom is 0.352 e. The molecule has 0 spiro atoms. The van der Waals surface area contributed by atoms with Gasteiger partial charge < -0.3 is 0 Å². The minimum atomic E-state index is -0.283. The van der Waals surface area contributed by atoms with Gasteiger partial charge in [-0.3, -0.25) is 4.57 Å². The van der Waals surface area contributed by atoms with E-state index < -0.39 is 0 Å². The van der Waals surface area contributed by atoms with E-state index in [1.807, 2.05) is 66.7 Å². The predicted octanol–water partition coefficient (Wildman–Crippen LogP) is 4.82. The second-order valence-electron chi connectivity index (χ2n) is 6.16. The summed E-state index contributed by atoms with van der Waals surface area (Å²) in [6.45, 7) is 0. The standard InChI is InChI=1S/C22H17ClN2O/c23-17-12-13-19-20(14-11-16-7-3-1-4-8-16)24-22(26)25(21(19)15-17)18-9-5-2-6-10-18/h1-10,12-13,15H,11,14H2. The van der Waals surface area contributed by atoms with Gasteiger partial charge in [-0.1, -0.05) is 60.1 Å². The highest BCUT2D eigenvalue weighted by Crippen LogP contribution is 2.23. The molecule has 3 nitrogen and oxygen atoms in total. The van der Waals surface area contributed by atoms with Crippen molar-refractivity contribution in [1.29, 1.82) is 0 Å². The van der Waals surface area contributed by atoms with E-state index in [1.165, 1.54) is 5.56 Å². The Hall–Kier alpha value is -2.91. The van der Waals surface area contributed by atoms with E-state index in [0.29, 0.717) is 11.4 Å². The number of aromatic nitrogens is 2. The lowest BCUT2D eigenvalue weighted by Gasteiger charge is -2.13. The van der Waals surface area contributed by atoms with Crippen molar-refractivity contribution >= 4 is 22.5 Å². The summed E-state index contributed by atoms with van der Waals surface area (Å²) < 4.78 is 1.62. The van der Waals surface area contributed by atoms with Crippen molar-refractivity contribution in [2.75, 3.05) is 0 Å². The van der Waals surface area contributed by atoms with Crippen LogP contribution in [0.2, 0.25) is 5.02 Å². The van der Waals surface area contributed by atoms with Gasteiger partial charge >= 0.3 is 5.69 Å². The summed E-state index contributed by atoms with van der Waals surface area (Å²) in [7, 11) is 0. The van der Waals surface area contributed by atoms with Crippen LogP contribution < -0.4 is 5.69 Å². The number of hydrogen-bond acceptors (Lipinski definition) is 2. The molecule has 0 amide bonds. The van der Waals surface area contributed by atoms with Gasteiger partial charge in [-0.25, -0.2) is 4.79 Å². The Morgan fingerprint density at radius 2 is 1.54 bits per heavy atom. The molecule has 4 rings (SSSR count). The van der Waals surface area contributed by atoms with Crippen molar-refractivity contribution in [3.63, 3.8) is 0 Å². The second-order valence-corrected chi connectivity index (χ2v) is 6.60. The van der Waals surface area contributed by atoms with Gasteiger partial charge in [0.05, 0.1) is 16.9 Å². The Morgan fingerprint density at radius 3 is 2.27 bits per heavy atom. The number of rotatable bonds is 4. The zero-order chi connectivity index (χ0) is 17.9. The number of para-hydroxylation sites is 1.